The molecule has 2 fully saturated rings. The van der Waals surface area contributed by atoms with Crippen LogP contribution >= 0.6 is 11.8 Å². The predicted molar refractivity (Wildman–Crippen MR) is 82.9 cm³/mol. The van der Waals surface area contributed by atoms with Crippen LogP contribution in [0.1, 0.15) is 25.7 Å². The van der Waals surface area contributed by atoms with Crippen LogP contribution < -0.4 is 10.6 Å². The molecule has 3 rings (SSSR count). The smallest absolute Gasteiger partial charge is 0.225 e. The van der Waals surface area contributed by atoms with Gasteiger partial charge >= 0.3 is 0 Å². The molecular weight excluding hydrogens is 268 g/mol. The van der Waals surface area contributed by atoms with E-state index in [1.165, 1.54) is 30.6 Å². The molecule has 1 aliphatic carbocycles. The van der Waals surface area contributed by atoms with Crippen molar-refractivity contribution >= 4 is 17.7 Å². The number of benzene rings is 1. The van der Waals surface area contributed by atoms with Crippen LogP contribution in [0.15, 0.2) is 35.2 Å². The summed E-state index contributed by atoms with van der Waals surface area (Å²) in [4.78, 5) is 13.3. The van der Waals surface area contributed by atoms with Crippen molar-refractivity contribution in [3.05, 3.63) is 30.3 Å². The van der Waals surface area contributed by atoms with Gasteiger partial charge in [-0.2, -0.15) is 0 Å². The average molecular weight is 290 g/mol. The molecule has 1 heterocycles. The van der Waals surface area contributed by atoms with Gasteiger partial charge in [-0.1, -0.05) is 31.0 Å². The second kappa shape index (κ2) is 6.19. The first kappa shape index (κ1) is 14.0. The summed E-state index contributed by atoms with van der Waals surface area (Å²) in [6.07, 6.45) is 4.97. The van der Waals surface area contributed by atoms with Crippen LogP contribution in [0.25, 0.3) is 0 Å². The van der Waals surface area contributed by atoms with Crippen LogP contribution in [0.3, 0.4) is 0 Å². The molecule has 1 aliphatic heterocycles. The Kier molecular flexibility index (Phi) is 4.32. The molecule has 2 N–H and O–H groups in total. The Labute approximate surface area is 124 Å². The molecule has 108 valence electrons. The minimum absolute atomic E-state index is 0.190. The zero-order chi connectivity index (χ0) is 13.8. The van der Waals surface area contributed by atoms with Crippen LogP contribution in [-0.4, -0.2) is 30.3 Å². The summed E-state index contributed by atoms with van der Waals surface area (Å²) in [6.45, 7) is 2.48. The zero-order valence-electron chi connectivity index (χ0n) is 11.7. The number of hydrogen-bond acceptors (Lipinski definition) is 3. The molecule has 0 unspecified atom stereocenters. The van der Waals surface area contributed by atoms with Gasteiger partial charge in [-0.05, 0) is 25.0 Å². The number of carbonyl (C=O) groups excluding carboxylic acids is 1. The normalized spacial score (nSPS) is 21.4. The van der Waals surface area contributed by atoms with Crippen LogP contribution in [0.5, 0.6) is 0 Å². The average Bonchev–Trinajstić information content (AvgIpc) is 2.85. The van der Waals surface area contributed by atoms with Crippen molar-refractivity contribution < 1.29 is 4.79 Å². The van der Waals surface area contributed by atoms with Crippen LogP contribution in [0.2, 0.25) is 0 Å². The maximum absolute atomic E-state index is 12.0. The van der Waals surface area contributed by atoms with Gasteiger partial charge in [0.05, 0.1) is 5.92 Å². The Hall–Kier alpha value is -1.00. The Morgan fingerprint density at radius 2 is 1.95 bits per heavy atom. The highest BCUT2D eigenvalue weighted by Gasteiger charge is 2.36. The summed E-state index contributed by atoms with van der Waals surface area (Å²) in [5, 5.41) is 6.34. The molecule has 1 aromatic carbocycles. The third-order valence-electron chi connectivity index (χ3n) is 4.33. The Balaban J connectivity index is 1.60. The second-order valence-electron chi connectivity index (χ2n) is 5.88. The van der Waals surface area contributed by atoms with Crippen molar-refractivity contribution in [3.63, 3.8) is 0 Å². The molecule has 20 heavy (non-hydrogen) atoms. The van der Waals surface area contributed by atoms with Gasteiger partial charge in [0.25, 0.3) is 0 Å². The second-order valence-corrected chi connectivity index (χ2v) is 7.42. The van der Waals surface area contributed by atoms with Crippen LogP contribution in [0.4, 0.5) is 0 Å². The van der Waals surface area contributed by atoms with E-state index in [-0.39, 0.29) is 16.6 Å². The molecular formula is C16H22N2OS. The van der Waals surface area contributed by atoms with Crippen molar-refractivity contribution in [2.75, 3.05) is 19.6 Å². The lowest BCUT2D eigenvalue weighted by Crippen LogP contribution is -2.52. The van der Waals surface area contributed by atoms with Gasteiger partial charge in [-0.15, -0.1) is 11.8 Å². The molecule has 0 bridgehead atoms. The SMILES string of the molecule is O=C(NCC1(Sc2ccccc2)CCCC1)C1CNC1. The predicted octanol–water partition coefficient (Wildman–Crippen LogP) is 2.43. The monoisotopic (exact) mass is 290 g/mol. The highest BCUT2D eigenvalue weighted by atomic mass is 32.2. The third kappa shape index (κ3) is 3.18. The van der Waals surface area contributed by atoms with E-state index in [4.69, 9.17) is 0 Å². The zero-order valence-corrected chi connectivity index (χ0v) is 12.5. The van der Waals surface area contributed by atoms with Gasteiger partial charge in [-0.25, -0.2) is 0 Å². The fourth-order valence-corrected chi connectivity index (χ4v) is 4.37. The van der Waals surface area contributed by atoms with E-state index in [0.717, 1.165) is 19.6 Å². The van der Waals surface area contributed by atoms with E-state index in [2.05, 4.69) is 41.0 Å². The maximum Gasteiger partial charge on any atom is 0.225 e. The molecule has 0 atom stereocenters. The summed E-state index contributed by atoms with van der Waals surface area (Å²) in [7, 11) is 0. The van der Waals surface area contributed by atoms with Gasteiger partial charge in [0.2, 0.25) is 5.91 Å². The summed E-state index contributed by atoms with van der Waals surface area (Å²) in [5.74, 6) is 0.416. The topological polar surface area (TPSA) is 41.1 Å². The Morgan fingerprint density at radius 3 is 2.55 bits per heavy atom. The Bertz CT molecular complexity index is 453. The summed E-state index contributed by atoms with van der Waals surface area (Å²) < 4.78 is 0.203. The highest BCUT2D eigenvalue weighted by Crippen LogP contribution is 2.44. The van der Waals surface area contributed by atoms with Gasteiger partial charge in [0.1, 0.15) is 0 Å². The lowest BCUT2D eigenvalue weighted by molar-refractivity contribution is -0.126. The van der Waals surface area contributed by atoms with E-state index in [0.29, 0.717) is 0 Å². The van der Waals surface area contributed by atoms with E-state index < -0.39 is 0 Å². The molecule has 0 spiro atoms. The first-order chi connectivity index (χ1) is 9.77. The van der Waals surface area contributed by atoms with Crippen molar-refractivity contribution in [3.8, 4) is 0 Å². The minimum atomic E-state index is 0.190. The van der Waals surface area contributed by atoms with E-state index in [1.54, 1.807) is 0 Å². The number of amides is 1. The number of rotatable bonds is 5. The third-order valence-corrected chi connectivity index (χ3v) is 5.82. The largest absolute Gasteiger partial charge is 0.354 e. The molecule has 3 nitrogen and oxygen atoms in total. The molecule has 1 aromatic rings. The molecule has 1 amide bonds. The quantitative estimate of drug-likeness (QED) is 0.875. The summed E-state index contributed by atoms with van der Waals surface area (Å²) in [6, 6.07) is 10.6. The van der Waals surface area contributed by atoms with E-state index in [1.807, 2.05) is 11.8 Å². The molecule has 0 aromatic heterocycles. The first-order valence-corrected chi connectivity index (χ1v) is 8.32. The van der Waals surface area contributed by atoms with Crippen LogP contribution in [0, 0.1) is 5.92 Å². The summed E-state index contributed by atoms with van der Waals surface area (Å²) in [5.41, 5.74) is 0. The number of carbonyl (C=O) groups is 1. The molecule has 2 aliphatic rings. The molecule has 0 radical (unpaired) electrons. The van der Waals surface area contributed by atoms with E-state index in [9.17, 15) is 4.79 Å². The fraction of sp³-hybridized carbons (Fsp3) is 0.562. The van der Waals surface area contributed by atoms with Crippen LogP contribution in [-0.2, 0) is 4.79 Å². The first-order valence-electron chi connectivity index (χ1n) is 7.50. The maximum atomic E-state index is 12.0. The Morgan fingerprint density at radius 1 is 1.25 bits per heavy atom. The molecule has 1 saturated carbocycles. The lowest BCUT2D eigenvalue weighted by Gasteiger charge is -2.31. The number of thioether (sulfide) groups is 1. The van der Waals surface area contributed by atoms with Gasteiger partial charge < -0.3 is 10.6 Å². The van der Waals surface area contributed by atoms with Gasteiger partial charge in [0.15, 0.2) is 0 Å². The van der Waals surface area contributed by atoms with Crippen molar-refractivity contribution in [1.29, 1.82) is 0 Å². The van der Waals surface area contributed by atoms with Gasteiger partial charge in [0, 0.05) is 29.3 Å². The molecule has 1 saturated heterocycles. The standard InChI is InChI=1S/C16H22N2OS/c19-15(13-10-17-11-13)18-12-16(8-4-5-9-16)20-14-6-2-1-3-7-14/h1-3,6-7,13,17H,4-5,8-12H2,(H,18,19). The summed E-state index contributed by atoms with van der Waals surface area (Å²) >= 11 is 1.95. The van der Waals surface area contributed by atoms with Crippen molar-refractivity contribution in [2.24, 2.45) is 5.92 Å². The van der Waals surface area contributed by atoms with Crippen molar-refractivity contribution in [1.82, 2.24) is 10.6 Å². The minimum Gasteiger partial charge on any atom is -0.354 e. The van der Waals surface area contributed by atoms with E-state index >= 15 is 0 Å². The van der Waals surface area contributed by atoms with Gasteiger partial charge in [-0.3, -0.25) is 4.79 Å². The number of nitrogens with one attached hydrogen (secondary N) is 2. The molecule has 4 heteroatoms. The van der Waals surface area contributed by atoms with Crippen molar-refractivity contribution in [2.45, 2.75) is 35.3 Å². The highest BCUT2D eigenvalue weighted by molar-refractivity contribution is 8.00. The fourth-order valence-electron chi connectivity index (χ4n) is 2.94. The number of hydrogen-bond donors (Lipinski definition) is 2. The lowest BCUT2D eigenvalue weighted by atomic mass is 10.0.